The van der Waals surface area contributed by atoms with E-state index < -0.39 is 15.9 Å². The minimum absolute atomic E-state index is 0.129. The molecule has 0 fully saturated rings. The van der Waals surface area contributed by atoms with Crippen LogP contribution in [0, 0.1) is 0 Å². The Morgan fingerprint density at radius 1 is 0.833 bits per heavy atom. The van der Waals surface area contributed by atoms with Crippen molar-refractivity contribution in [2.24, 2.45) is 0 Å². The summed E-state index contributed by atoms with van der Waals surface area (Å²) in [4.78, 5) is 26.3. The average molecular weight is 503 g/mol. The van der Waals surface area contributed by atoms with Crippen LogP contribution >= 0.6 is 0 Å². The molecule has 0 aliphatic heterocycles. The van der Waals surface area contributed by atoms with Crippen LogP contribution in [-0.2, 0) is 32.5 Å². The van der Waals surface area contributed by atoms with Gasteiger partial charge in [0, 0.05) is 13.6 Å². The molecule has 4 rings (SSSR count). The predicted molar refractivity (Wildman–Crippen MR) is 137 cm³/mol. The number of hydrogen-bond donors (Lipinski definition) is 1. The van der Waals surface area contributed by atoms with Gasteiger partial charge in [0.2, 0.25) is 15.7 Å². The van der Waals surface area contributed by atoms with E-state index in [1.807, 2.05) is 48.5 Å². The second kappa shape index (κ2) is 11.0. The minimum Gasteiger partial charge on any atom is -0.445 e. The van der Waals surface area contributed by atoms with E-state index in [4.69, 9.17) is 4.74 Å². The lowest BCUT2D eigenvalue weighted by molar-refractivity contribution is -0.121. The van der Waals surface area contributed by atoms with Gasteiger partial charge in [0.25, 0.3) is 0 Å². The third kappa shape index (κ3) is 5.90. The molecule has 0 aliphatic carbocycles. The highest BCUT2D eigenvalue weighted by molar-refractivity contribution is 7.91. The van der Waals surface area contributed by atoms with Gasteiger partial charge in [0.15, 0.2) is 0 Å². The van der Waals surface area contributed by atoms with Gasteiger partial charge >= 0.3 is 6.09 Å². The number of rotatable bonds is 8. The molecular formula is C28H26N2O5S. The number of carbonyl (C=O) groups is 2. The van der Waals surface area contributed by atoms with Gasteiger partial charge < -0.3 is 15.0 Å². The molecule has 0 atom stereocenters. The van der Waals surface area contributed by atoms with E-state index in [1.54, 1.807) is 48.5 Å². The molecule has 4 aromatic rings. The summed E-state index contributed by atoms with van der Waals surface area (Å²) in [6, 6.07) is 28.1. The maximum Gasteiger partial charge on any atom is 0.410 e. The summed E-state index contributed by atoms with van der Waals surface area (Å²) < 4.78 is 31.2. The zero-order valence-electron chi connectivity index (χ0n) is 19.8. The fraction of sp³-hybridized carbons (Fsp3) is 0.143. The number of ether oxygens (including phenoxy) is 1. The second-order valence-electron chi connectivity index (χ2n) is 8.29. The fourth-order valence-corrected chi connectivity index (χ4v) is 5.06. The van der Waals surface area contributed by atoms with Crippen LogP contribution in [0.4, 0.5) is 4.79 Å². The van der Waals surface area contributed by atoms with Crippen LogP contribution in [0.1, 0.15) is 11.1 Å². The number of nitrogens with zero attached hydrogens (tertiary/aromatic N) is 1. The monoisotopic (exact) mass is 502 g/mol. The van der Waals surface area contributed by atoms with Crippen molar-refractivity contribution in [1.82, 2.24) is 10.2 Å². The Balaban J connectivity index is 1.38. The lowest BCUT2D eigenvalue weighted by Gasteiger charge is -2.17. The lowest BCUT2D eigenvalue weighted by Crippen LogP contribution is -2.38. The third-order valence-corrected chi connectivity index (χ3v) is 7.45. The Kier molecular flexibility index (Phi) is 7.65. The number of nitrogens with one attached hydrogen (secondary N) is 1. The second-order valence-corrected chi connectivity index (χ2v) is 10.2. The van der Waals surface area contributed by atoms with E-state index in [0.29, 0.717) is 0 Å². The Labute approximate surface area is 210 Å². The van der Waals surface area contributed by atoms with Gasteiger partial charge in [-0.3, -0.25) is 4.79 Å². The summed E-state index contributed by atoms with van der Waals surface area (Å²) in [5.41, 5.74) is 1.69. The molecule has 0 aromatic heterocycles. The van der Waals surface area contributed by atoms with Gasteiger partial charge in [-0.1, -0.05) is 72.8 Å². The number of carbonyl (C=O) groups excluding carboxylic acids is 2. The molecule has 4 aromatic carbocycles. The summed E-state index contributed by atoms with van der Waals surface area (Å²) in [6.07, 6.45) is -0.591. The van der Waals surface area contributed by atoms with E-state index in [9.17, 15) is 18.0 Å². The van der Waals surface area contributed by atoms with Gasteiger partial charge in [-0.05, 0) is 46.2 Å². The largest absolute Gasteiger partial charge is 0.445 e. The maximum atomic E-state index is 13.0. The van der Waals surface area contributed by atoms with Gasteiger partial charge in [0.05, 0.1) is 9.79 Å². The fourth-order valence-electron chi connectivity index (χ4n) is 3.75. The van der Waals surface area contributed by atoms with Crippen molar-refractivity contribution >= 4 is 32.6 Å². The first-order chi connectivity index (χ1) is 17.3. The number of amides is 2. The predicted octanol–water partition coefficient (Wildman–Crippen LogP) is 4.56. The van der Waals surface area contributed by atoms with Crippen LogP contribution in [0.2, 0.25) is 0 Å². The van der Waals surface area contributed by atoms with E-state index in [-0.39, 0.29) is 35.4 Å². The lowest BCUT2D eigenvalue weighted by atomic mass is 10.0. The van der Waals surface area contributed by atoms with Crippen molar-refractivity contribution in [3.8, 4) is 0 Å². The molecule has 36 heavy (non-hydrogen) atoms. The Morgan fingerprint density at radius 2 is 1.53 bits per heavy atom. The molecule has 0 radical (unpaired) electrons. The van der Waals surface area contributed by atoms with E-state index in [2.05, 4.69) is 5.32 Å². The summed E-state index contributed by atoms with van der Waals surface area (Å²) in [5.74, 6) is -0.338. The zero-order chi connectivity index (χ0) is 25.5. The topological polar surface area (TPSA) is 92.8 Å². The van der Waals surface area contributed by atoms with Crippen LogP contribution in [0.3, 0.4) is 0 Å². The summed E-state index contributed by atoms with van der Waals surface area (Å²) >= 11 is 0. The highest BCUT2D eigenvalue weighted by Gasteiger charge is 2.18. The van der Waals surface area contributed by atoms with E-state index in [0.717, 1.165) is 21.9 Å². The van der Waals surface area contributed by atoms with Crippen LogP contribution in [0.5, 0.6) is 0 Å². The average Bonchev–Trinajstić information content (AvgIpc) is 2.91. The molecule has 0 saturated heterocycles. The van der Waals surface area contributed by atoms with Crippen LogP contribution in [0.25, 0.3) is 10.8 Å². The van der Waals surface area contributed by atoms with Crippen molar-refractivity contribution in [2.45, 2.75) is 22.9 Å². The number of sulfone groups is 1. The molecule has 1 N–H and O–H groups in total. The first-order valence-electron chi connectivity index (χ1n) is 11.3. The first kappa shape index (κ1) is 24.9. The zero-order valence-corrected chi connectivity index (χ0v) is 20.6. The van der Waals surface area contributed by atoms with E-state index in [1.165, 1.54) is 11.9 Å². The van der Waals surface area contributed by atoms with Gasteiger partial charge in [-0.2, -0.15) is 0 Å². The van der Waals surface area contributed by atoms with Crippen LogP contribution < -0.4 is 5.32 Å². The maximum absolute atomic E-state index is 13.0. The number of likely N-dealkylation sites (N-methyl/N-ethyl adjacent to an activating group) is 1. The molecular weight excluding hydrogens is 476 g/mol. The van der Waals surface area contributed by atoms with Crippen molar-refractivity contribution in [3.63, 3.8) is 0 Å². The smallest absolute Gasteiger partial charge is 0.410 e. The van der Waals surface area contributed by atoms with Gasteiger partial charge in [-0.15, -0.1) is 0 Å². The van der Waals surface area contributed by atoms with Crippen LogP contribution in [0.15, 0.2) is 107 Å². The SMILES string of the molecule is CN(CC(=O)NCc1cccc2cc(S(=O)(=O)c3ccccc3)ccc12)C(=O)OCc1ccccc1. The standard InChI is InChI=1S/C28H26N2O5S/c1-30(28(32)35-20-21-9-4-2-5-10-21)19-27(31)29-18-23-12-8-11-22-17-25(15-16-26(22)23)36(33,34)24-13-6-3-7-14-24/h2-17H,18-20H2,1H3,(H,29,31). The van der Waals surface area contributed by atoms with Crippen molar-refractivity contribution in [3.05, 3.63) is 108 Å². The molecule has 0 spiro atoms. The highest BCUT2D eigenvalue weighted by Crippen LogP contribution is 2.26. The van der Waals surface area contributed by atoms with Crippen molar-refractivity contribution in [1.29, 1.82) is 0 Å². The molecule has 8 heteroatoms. The summed E-state index contributed by atoms with van der Waals surface area (Å²) in [5, 5.41) is 4.40. The number of benzene rings is 4. The Morgan fingerprint density at radius 3 is 2.25 bits per heavy atom. The summed E-state index contributed by atoms with van der Waals surface area (Å²) in [6.45, 7) is 0.204. The molecule has 0 aliphatic rings. The number of hydrogen-bond acceptors (Lipinski definition) is 5. The Bertz CT molecular complexity index is 1470. The quantitative estimate of drug-likeness (QED) is 0.381. The number of fused-ring (bicyclic) bond motifs is 1. The molecule has 0 saturated carbocycles. The highest BCUT2D eigenvalue weighted by atomic mass is 32.2. The van der Waals surface area contributed by atoms with Crippen LogP contribution in [-0.4, -0.2) is 38.9 Å². The normalized spacial score (nSPS) is 11.1. The minimum atomic E-state index is -3.63. The van der Waals surface area contributed by atoms with Crippen molar-refractivity contribution in [2.75, 3.05) is 13.6 Å². The van der Waals surface area contributed by atoms with E-state index >= 15 is 0 Å². The molecule has 7 nitrogen and oxygen atoms in total. The molecule has 0 unspecified atom stereocenters. The van der Waals surface area contributed by atoms with Gasteiger partial charge in [0.1, 0.15) is 13.2 Å². The Hall–Kier alpha value is -4.17. The molecule has 184 valence electrons. The molecule has 0 bridgehead atoms. The molecule has 2 amide bonds. The summed E-state index contributed by atoms with van der Waals surface area (Å²) in [7, 11) is -2.13. The molecule has 0 heterocycles. The van der Waals surface area contributed by atoms with Gasteiger partial charge in [-0.25, -0.2) is 13.2 Å². The third-order valence-electron chi connectivity index (χ3n) is 5.68. The van der Waals surface area contributed by atoms with Crippen molar-refractivity contribution < 1.29 is 22.7 Å². The first-order valence-corrected chi connectivity index (χ1v) is 12.8.